The Morgan fingerprint density at radius 2 is 2.20 bits per heavy atom. The number of aliphatic hydroxyl groups is 1. The van der Waals surface area contributed by atoms with Crippen molar-refractivity contribution in [3.05, 3.63) is 29.6 Å². The number of ether oxygens (including phenoxy) is 1. The number of esters is 1. The molecule has 0 atom stereocenters. The van der Waals surface area contributed by atoms with Crippen LogP contribution in [0.5, 0.6) is 0 Å². The number of carbonyl (C=O) groups is 2. The molecule has 0 fully saturated rings. The Kier molecular flexibility index (Phi) is 6.20. The molecule has 6 heteroatoms. The molecule has 0 aliphatic carbocycles. The van der Waals surface area contributed by atoms with Crippen molar-refractivity contribution in [2.45, 2.75) is 6.92 Å². The molecular weight excluding hydrogens is 260 g/mol. The van der Waals surface area contributed by atoms with E-state index in [1.54, 1.807) is 13.0 Å². The Balaban J connectivity index is 2.82. The second-order valence-electron chi connectivity index (χ2n) is 3.79. The van der Waals surface area contributed by atoms with Crippen LogP contribution >= 0.6 is 0 Å². The lowest BCUT2D eigenvalue weighted by molar-refractivity contribution is -0.141. The highest BCUT2D eigenvalue weighted by atomic mass is 16.5. The lowest BCUT2D eigenvalue weighted by Gasteiger charge is -2.18. The van der Waals surface area contributed by atoms with Gasteiger partial charge in [-0.05, 0) is 19.1 Å². The molecule has 1 N–H and O–H groups in total. The van der Waals surface area contributed by atoms with Gasteiger partial charge in [0.25, 0.3) is 5.91 Å². The second kappa shape index (κ2) is 7.92. The zero-order valence-electron chi connectivity index (χ0n) is 11.4. The predicted molar refractivity (Wildman–Crippen MR) is 71.8 cm³/mol. The van der Waals surface area contributed by atoms with Crippen molar-refractivity contribution < 1.29 is 19.4 Å². The zero-order valence-corrected chi connectivity index (χ0v) is 11.4. The van der Waals surface area contributed by atoms with Crippen LogP contribution in [0.15, 0.2) is 18.3 Å². The number of carbonyl (C=O) groups excluding carboxylic acids is 2. The molecule has 1 aromatic heterocycles. The molecule has 0 radical (unpaired) electrons. The molecule has 0 saturated carbocycles. The second-order valence-corrected chi connectivity index (χ2v) is 3.79. The quantitative estimate of drug-likeness (QED) is 0.621. The number of hydrogen-bond acceptors (Lipinski definition) is 5. The van der Waals surface area contributed by atoms with E-state index in [-0.39, 0.29) is 24.8 Å². The van der Waals surface area contributed by atoms with Gasteiger partial charge in [-0.2, -0.15) is 0 Å². The molecule has 0 aliphatic heterocycles. The van der Waals surface area contributed by atoms with Crippen LogP contribution < -0.4 is 0 Å². The van der Waals surface area contributed by atoms with Crippen molar-refractivity contribution in [2.75, 3.05) is 26.8 Å². The highest BCUT2D eigenvalue weighted by Crippen LogP contribution is 2.04. The topological polar surface area (TPSA) is 79.7 Å². The van der Waals surface area contributed by atoms with Crippen LogP contribution in [0, 0.1) is 11.8 Å². The maximum absolute atomic E-state index is 12.1. The van der Waals surface area contributed by atoms with E-state index in [4.69, 9.17) is 5.11 Å². The van der Waals surface area contributed by atoms with Gasteiger partial charge in [0.15, 0.2) is 0 Å². The molecule has 106 valence electrons. The number of nitrogens with zero attached hydrogens (tertiary/aromatic N) is 2. The van der Waals surface area contributed by atoms with Crippen molar-refractivity contribution in [3.8, 4) is 11.8 Å². The number of aromatic nitrogens is 1. The summed E-state index contributed by atoms with van der Waals surface area (Å²) in [7, 11) is 1.27. The first-order chi connectivity index (χ1) is 9.62. The van der Waals surface area contributed by atoms with Gasteiger partial charge in [0.1, 0.15) is 18.8 Å². The fourth-order valence-corrected chi connectivity index (χ4v) is 1.45. The van der Waals surface area contributed by atoms with Crippen molar-refractivity contribution in [1.29, 1.82) is 0 Å². The molecule has 0 aliphatic rings. The third kappa shape index (κ3) is 4.37. The number of methoxy groups -OCH3 is 1. The fraction of sp³-hybridized carbons (Fsp3) is 0.357. The summed E-state index contributed by atoms with van der Waals surface area (Å²) in [6.07, 6.45) is 1.45. The third-order valence-corrected chi connectivity index (χ3v) is 2.51. The van der Waals surface area contributed by atoms with Crippen molar-refractivity contribution in [1.82, 2.24) is 9.88 Å². The van der Waals surface area contributed by atoms with E-state index in [9.17, 15) is 9.59 Å². The molecule has 0 bridgehead atoms. The molecule has 20 heavy (non-hydrogen) atoms. The van der Waals surface area contributed by atoms with Gasteiger partial charge in [0, 0.05) is 18.3 Å². The van der Waals surface area contributed by atoms with Crippen molar-refractivity contribution in [3.63, 3.8) is 0 Å². The van der Waals surface area contributed by atoms with E-state index in [2.05, 4.69) is 21.6 Å². The average molecular weight is 276 g/mol. The number of aliphatic hydroxyl groups excluding tert-OH is 1. The van der Waals surface area contributed by atoms with Crippen LogP contribution in [-0.2, 0) is 9.53 Å². The summed E-state index contributed by atoms with van der Waals surface area (Å²) >= 11 is 0. The molecule has 0 aromatic carbocycles. The van der Waals surface area contributed by atoms with Crippen LogP contribution in [0.25, 0.3) is 0 Å². The number of likely N-dealkylation sites (N-methyl/N-ethyl adjacent to an activating group) is 1. The van der Waals surface area contributed by atoms with E-state index < -0.39 is 5.97 Å². The lowest BCUT2D eigenvalue weighted by atomic mass is 10.2. The summed E-state index contributed by atoms with van der Waals surface area (Å²) in [4.78, 5) is 28.7. The minimum Gasteiger partial charge on any atom is -0.468 e. The van der Waals surface area contributed by atoms with Crippen LogP contribution in [0.1, 0.15) is 23.0 Å². The van der Waals surface area contributed by atoms with Gasteiger partial charge < -0.3 is 14.7 Å². The molecule has 1 heterocycles. The van der Waals surface area contributed by atoms with Gasteiger partial charge in [-0.15, -0.1) is 0 Å². The Labute approximate surface area is 117 Å². The minimum atomic E-state index is -0.481. The Hall–Kier alpha value is -2.39. The monoisotopic (exact) mass is 276 g/mol. The van der Waals surface area contributed by atoms with Crippen molar-refractivity contribution >= 4 is 11.9 Å². The summed E-state index contributed by atoms with van der Waals surface area (Å²) < 4.78 is 4.54. The van der Waals surface area contributed by atoms with Crippen LogP contribution in [-0.4, -0.2) is 53.7 Å². The molecule has 1 rings (SSSR count). The Bertz CT molecular complexity index is 528. The molecule has 1 aromatic rings. The van der Waals surface area contributed by atoms with Gasteiger partial charge in [0.2, 0.25) is 0 Å². The predicted octanol–water partition coefficient (Wildman–Crippen LogP) is 0.0605. The summed E-state index contributed by atoms with van der Waals surface area (Å²) in [5.41, 5.74) is 0.830. The number of rotatable bonds is 4. The lowest BCUT2D eigenvalue weighted by Crippen LogP contribution is -2.36. The van der Waals surface area contributed by atoms with Crippen LogP contribution in [0.2, 0.25) is 0 Å². The maximum Gasteiger partial charge on any atom is 0.325 e. The zero-order chi connectivity index (χ0) is 15.0. The van der Waals surface area contributed by atoms with Crippen LogP contribution in [0.3, 0.4) is 0 Å². The first-order valence-corrected chi connectivity index (χ1v) is 6.04. The summed E-state index contributed by atoms with van der Waals surface area (Å²) in [6.45, 7) is 1.80. The van der Waals surface area contributed by atoms with E-state index in [1.165, 1.54) is 24.3 Å². The highest BCUT2D eigenvalue weighted by molar-refractivity contribution is 5.94. The molecular formula is C14H16N2O4. The first kappa shape index (κ1) is 15.7. The normalized spacial score (nSPS) is 9.35. The smallest absolute Gasteiger partial charge is 0.325 e. The van der Waals surface area contributed by atoms with Gasteiger partial charge in [-0.25, -0.2) is 4.98 Å². The summed E-state index contributed by atoms with van der Waals surface area (Å²) in [6, 6.07) is 3.17. The van der Waals surface area contributed by atoms with Gasteiger partial charge in [0.05, 0.1) is 7.11 Å². The van der Waals surface area contributed by atoms with E-state index in [0.29, 0.717) is 12.1 Å². The van der Waals surface area contributed by atoms with Crippen molar-refractivity contribution in [2.24, 2.45) is 0 Å². The van der Waals surface area contributed by atoms with E-state index in [1.807, 2.05) is 0 Å². The average Bonchev–Trinajstić information content (AvgIpc) is 2.50. The SMILES string of the molecule is CCN(CC(=O)OC)C(=O)c1ccc(C#CCO)cn1. The first-order valence-electron chi connectivity index (χ1n) is 6.04. The number of pyridine rings is 1. The van der Waals surface area contributed by atoms with Gasteiger partial charge >= 0.3 is 5.97 Å². The van der Waals surface area contributed by atoms with Gasteiger partial charge in [-0.3, -0.25) is 9.59 Å². The maximum atomic E-state index is 12.1. The number of hydrogen-bond donors (Lipinski definition) is 1. The largest absolute Gasteiger partial charge is 0.468 e. The van der Waals surface area contributed by atoms with Crippen LogP contribution in [0.4, 0.5) is 0 Å². The molecule has 0 unspecified atom stereocenters. The minimum absolute atomic E-state index is 0.112. The molecule has 0 saturated heterocycles. The third-order valence-electron chi connectivity index (χ3n) is 2.51. The highest BCUT2D eigenvalue weighted by Gasteiger charge is 2.18. The molecule has 0 spiro atoms. The van der Waals surface area contributed by atoms with Gasteiger partial charge in [-0.1, -0.05) is 11.8 Å². The Morgan fingerprint density at radius 1 is 1.45 bits per heavy atom. The standard InChI is InChI=1S/C14H16N2O4/c1-3-16(10-13(18)20-2)14(19)12-7-6-11(9-15-12)5-4-8-17/h6-7,9,17H,3,8,10H2,1-2H3. The van der Waals surface area contributed by atoms with E-state index in [0.717, 1.165) is 0 Å². The summed E-state index contributed by atoms with van der Waals surface area (Å²) in [5, 5.41) is 8.58. The fourth-order valence-electron chi connectivity index (χ4n) is 1.45. The number of amides is 1. The summed E-state index contributed by atoms with van der Waals surface area (Å²) in [5.74, 6) is 4.34. The molecule has 1 amide bonds. The van der Waals surface area contributed by atoms with E-state index >= 15 is 0 Å². The molecule has 6 nitrogen and oxygen atoms in total. The Morgan fingerprint density at radius 3 is 2.70 bits per heavy atom.